The third-order valence-electron chi connectivity index (χ3n) is 7.75. The Morgan fingerprint density at radius 3 is 2.64 bits per heavy atom. The highest BCUT2D eigenvalue weighted by Gasteiger charge is 2.40. The number of carbonyl (C=O) groups excluding carboxylic acids is 1. The summed E-state index contributed by atoms with van der Waals surface area (Å²) in [7, 11) is 0. The van der Waals surface area contributed by atoms with Crippen LogP contribution < -0.4 is 4.90 Å². The predicted molar refractivity (Wildman–Crippen MR) is 134 cm³/mol. The lowest BCUT2D eigenvalue weighted by atomic mass is 10.0. The van der Waals surface area contributed by atoms with Crippen molar-refractivity contribution in [2.75, 3.05) is 31.1 Å². The molecule has 182 valence electrons. The Balaban J connectivity index is 1.23. The second-order valence-electron chi connectivity index (χ2n) is 9.94. The van der Waals surface area contributed by atoms with E-state index in [0.29, 0.717) is 19.6 Å². The molecule has 2 aromatic carbocycles. The number of nitrogens with zero attached hydrogens (tertiary/aromatic N) is 5. The van der Waals surface area contributed by atoms with Gasteiger partial charge in [-0.1, -0.05) is 12.1 Å². The number of β-amino-alcohol motifs (C(OH)–C–C–N with tert-alkyl or cyclic N) is 1. The number of anilines is 1. The fourth-order valence-corrected chi connectivity index (χ4v) is 5.64. The van der Waals surface area contributed by atoms with Crippen molar-refractivity contribution < 1.29 is 14.3 Å². The van der Waals surface area contributed by atoms with Crippen LogP contribution in [0, 0.1) is 11.7 Å². The molecular formula is C28H26FN5O2. The Labute approximate surface area is 208 Å². The van der Waals surface area contributed by atoms with Crippen LogP contribution in [0.25, 0.3) is 28.3 Å². The summed E-state index contributed by atoms with van der Waals surface area (Å²) in [5.41, 5.74) is 6.14. The van der Waals surface area contributed by atoms with Crippen molar-refractivity contribution in [2.45, 2.75) is 19.1 Å². The molecule has 4 aromatic rings. The molecule has 1 amide bonds. The number of halogens is 1. The molecule has 0 radical (unpaired) electrons. The Kier molecular flexibility index (Phi) is 4.79. The number of hydrogen-bond donors (Lipinski definition) is 1. The number of rotatable bonds is 3. The van der Waals surface area contributed by atoms with Crippen molar-refractivity contribution in [3.05, 3.63) is 78.5 Å². The molecule has 1 N–H and O–H groups in total. The van der Waals surface area contributed by atoms with Crippen molar-refractivity contribution in [2.24, 2.45) is 5.92 Å². The molecule has 0 saturated carbocycles. The monoisotopic (exact) mass is 483 g/mol. The number of carbonyl (C=O) groups is 1. The van der Waals surface area contributed by atoms with Gasteiger partial charge in [-0.2, -0.15) is 0 Å². The van der Waals surface area contributed by atoms with E-state index in [2.05, 4.69) is 49.5 Å². The van der Waals surface area contributed by atoms with Gasteiger partial charge in [0.25, 0.3) is 0 Å². The van der Waals surface area contributed by atoms with Crippen LogP contribution in [0.5, 0.6) is 0 Å². The molecule has 7 nitrogen and oxygen atoms in total. The number of aromatic nitrogens is 3. The summed E-state index contributed by atoms with van der Waals surface area (Å²) in [6.07, 6.45) is 6.24. The molecule has 5 heterocycles. The molecule has 2 fully saturated rings. The average Bonchev–Trinajstić information content (AvgIpc) is 3.55. The van der Waals surface area contributed by atoms with Gasteiger partial charge in [0, 0.05) is 62.6 Å². The van der Waals surface area contributed by atoms with E-state index < -0.39 is 6.10 Å². The SMILES string of the molecule is O=C(C1CN(c2ccc3c(c2)Cn2cc(-c4ccc(F)cc4)cc2-c2nccn2-3)C[C@@H]1O)N1CCC1. The Morgan fingerprint density at radius 1 is 1.03 bits per heavy atom. The fraction of sp³-hybridized carbons (Fsp3) is 0.286. The highest BCUT2D eigenvalue weighted by Crippen LogP contribution is 2.36. The smallest absolute Gasteiger partial charge is 0.230 e. The third kappa shape index (κ3) is 3.36. The number of hydrogen-bond acceptors (Lipinski definition) is 4. The molecular weight excluding hydrogens is 457 g/mol. The van der Waals surface area contributed by atoms with E-state index in [4.69, 9.17) is 0 Å². The zero-order chi connectivity index (χ0) is 24.4. The molecule has 3 aliphatic heterocycles. The van der Waals surface area contributed by atoms with E-state index in [0.717, 1.165) is 59.1 Å². The first-order chi connectivity index (χ1) is 17.5. The van der Waals surface area contributed by atoms with Gasteiger partial charge in [0.1, 0.15) is 5.82 Å². The zero-order valence-corrected chi connectivity index (χ0v) is 19.7. The molecule has 2 atom stereocenters. The van der Waals surface area contributed by atoms with Gasteiger partial charge in [-0.05, 0) is 53.9 Å². The Morgan fingerprint density at radius 2 is 1.86 bits per heavy atom. The van der Waals surface area contributed by atoms with Crippen molar-refractivity contribution in [1.29, 1.82) is 0 Å². The largest absolute Gasteiger partial charge is 0.390 e. The summed E-state index contributed by atoms with van der Waals surface area (Å²) in [6.45, 7) is 3.22. The van der Waals surface area contributed by atoms with Gasteiger partial charge in [0.2, 0.25) is 5.91 Å². The standard InChI is InChI=1S/C28H26FN5O2/c29-21-4-2-18(3-5-21)19-13-25-27-30-8-11-34(27)24-7-6-22(12-20(24)15-33(25)14-19)32-16-23(26(35)17-32)28(36)31-9-1-10-31/h2-8,11-14,23,26,35H,1,9-10,15-17H2/t23?,26-/m0/s1. The molecule has 0 aliphatic carbocycles. The first-order valence-corrected chi connectivity index (χ1v) is 12.4. The molecule has 8 heteroatoms. The second kappa shape index (κ2) is 8.06. The summed E-state index contributed by atoms with van der Waals surface area (Å²) < 4.78 is 17.7. The van der Waals surface area contributed by atoms with E-state index in [1.54, 1.807) is 18.3 Å². The molecule has 1 unspecified atom stereocenters. The summed E-state index contributed by atoms with van der Waals surface area (Å²) in [6, 6.07) is 15.0. The van der Waals surface area contributed by atoms with Gasteiger partial charge in [-0.15, -0.1) is 0 Å². The van der Waals surface area contributed by atoms with Gasteiger partial charge in [-0.25, -0.2) is 9.37 Å². The maximum atomic E-state index is 13.5. The summed E-state index contributed by atoms with van der Waals surface area (Å²) in [5.74, 6) is 0.294. The lowest BCUT2D eigenvalue weighted by Gasteiger charge is -2.33. The quantitative estimate of drug-likeness (QED) is 0.426. The topological polar surface area (TPSA) is 66.5 Å². The van der Waals surface area contributed by atoms with E-state index >= 15 is 0 Å². The fourth-order valence-electron chi connectivity index (χ4n) is 5.64. The van der Waals surface area contributed by atoms with Gasteiger partial charge < -0.3 is 19.5 Å². The van der Waals surface area contributed by atoms with Gasteiger partial charge in [0.15, 0.2) is 5.82 Å². The van der Waals surface area contributed by atoms with Crippen LogP contribution in [0.3, 0.4) is 0 Å². The maximum Gasteiger partial charge on any atom is 0.230 e. The van der Waals surface area contributed by atoms with E-state index in [1.807, 2.05) is 11.1 Å². The molecule has 0 bridgehead atoms. The van der Waals surface area contributed by atoms with E-state index in [1.165, 1.54) is 12.1 Å². The number of aliphatic hydroxyl groups is 1. The molecule has 7 rings (SSSR count). The van der Waals surface area contributed by atoms with Crippen molar-refractivity contribution >= 4 is 11.6 Å². The zero-order valence-electron chi connectivity index (χ0n) is 19.7. The predicted octanol–water partition coefficient (Wildman–Crippen LogP) is 3.54. The number of likely N-dealkylation sites (tertiary alicyclic amines) is 1. The number of aliphatic hydroxyl groups excluding tert-OH is 1. The molecule has 0 spiro atoms. The maximum absolute atomic E-state index is 13.5. The summed E-state index contributed by atoms with van der Waals surface area (Å²) in [4.78, 5) is 21.4. The normalized spacial score (nSPS) is 20.4. The number of benzene rings is 2. The van der Waals surface area contributed by atoms with Crippen LogP contribution in [-0.4, -0.2) is 62.3 Å². The number of fused-ring (bicyclic) bond motifs is 5. The van der Waals surface area contributed by atoms with Crippen LogP contribution in [0.2, 0.25) is 0 Å². The van der Waals surface area contributed by atoms with Crippen LogP contribution >= 0.6 is 0 Å². The summed E-state index contributed by atoms with van der Waals surface area (Å²) in [5, 5.41) is 10.7. The van der Waals surface area contributed by atoms with Crippen molar-refractivity contribution in [3.63, 3.8) is 0 Å². The minimum Gasteiger partial charge on any atom is -0.390 e. The van der Waals surface area contributed by atoms with Gasteiger partial charge in [-0.3, -0.25) is 9.36 Å². The molecule has 2 saturated heterocycles. The van der Waals surface area contributed by atoms with E-state index in [9.17, 15) is 14.3 Å². The van der Waals surface area contributed by atoms with Crippen molar-refractivity contribution in [3.8, 4) is 28.3 Å². The van der Waals surface area contributed by atoms with Gasteiger partial charge >= 0.3 is 0 Å². The number of amides is 1. The second-order valence-corrected chi connectivity index (χ2v) is 9.94. The van der Waals surface area contributed by atoms with Crippen molar-refractivity contribution in [1.82, 2.24) is 19.0 Å². The number of imidazole rings is 1. The van der Waals surface area contributed by atoms with Crippen LogP contribution in [0.15, 0.2) is 67.1 Å². The highest BCUT2D eigenvalue weighted by molar-refractivity contribution is 5.82. The minimum atomic E-state index is -0.661. The molecule has 36 heavy (non-hydrogen) atoms. The Hall–Kier alpha value is -3.91. The highest BCUT2D eigenvalue weighted by atomic mass is 19.1. The van der Waals surface area contributed by atoms with Gasteiger partial charge in [0.05, 0.1) is 23.4 Å². The molecule has 2 aromatic heterocycles. The summed E-state index contributed by atoms with van der Waals surface area (Å²) >= 11 is 0. The average molecular weight is 484 g/mol. The lowest BCUT2D eigenvalue weighted by Crippen LogP contribution is -2.47. The van der Waals surface area contributed by atoms with Crippen LogP contribution in [0.4, 0.5) is 10.1 Å². The molecule has 3 aliphatic rings. The Bertz CT molecular complexity index is 1470. The lowest BCUT2D eigenvalue weighted by molar-refractivity contribution is -0.141. The first-order valence-electron chi connectivity index (χ1n) is 12.4. The minimum absolute atomic E-state index is 0.0689. The van der Waals surface area contributed by atoms with Crippen LogP contribution in [0.1, 0.15) is 12.0 Å². The third-order valence-corrected chi connectivity index (χ3v) is 7.75. The first kappa shape index (κ1) is 21.4. The van der Waals surface area contributed by atoms with Crippen LogP contribution in [-0.2, 0) is 11.3 Å². The van der Waals surface area contributed by atoms with E-state index in [-0.39, 0.29) is 17.6 Å².